The summed E-state index contributed by atoms with van der Waals surface area (Å²) in [5.41, 5.74) is 6.14. The molecule has 1 saturated heterocycles. The van der Waals surface area contributed by atoms with Crippen molar-refractivity contribution >= 4 is 35.0 Å². The molecule has 2 fully saturated rings. The number of pyridine rings is 1. The van der Waals surface area contributed by atoms with E-state index in [1.165, 1.54) is 30.6 Å². The van der Waals surface area contributed by atoms with Gasteiger partial charge in [-0.25, -0.2) is 15.0 Å². The van der Waals surface area contributed by atoms with Gasteiger partial charge in [-0.3, -0.25) is 15.0 Å². The highest BCUT2D eigenvalue weighted by Gasteiger charge is 2.33. The highest BCUT2D eigenvalue weighted by Crippen LogP contribution is 2.31. The molecular formula is C28H29F3N8O2. The second kappa shape index (κ2) is 11.5. The summed E-state index contributed by atoms with van der Waals surface area (Å²) >= 11 is 0. The minimum absolute atomic E-state index is 0.0234. The molecule has 3 aromatic rings. The van der Waals surface area contributed by atoms with Gasteiger partial charge in [-0.1, -0.05) is 18.6 Å². The summed E-state index contributed by atoms with van der Waals surface area (Å²) in [5, 5.41) is 14.5. The fourth-order valence-corrected chi connectivity index (χ4v) is 4.95. The monoisotopic (exact) mass is 566 g/mol. The summed E-state index contributed by atoms with van der Waals surface area (Å²) in [6.45, 7) is 1.27. The number of alkyl halides is 3. The van der Waals surface area contributed by atoms with Crippen LogP contribution in [0.15, 0.2) is 48.9 Å². The zero-order chi connectivity index (χ0) is 29.1. The number of carbonyl (C=O) groups excluding carboxylic acids is 2. The first-order chi connectivity index (χ1) is 19.6. The first kappa shape index (κ1) is 28.0. The highest BCUT2D eigenvalue weighted by molar-refractivity contribution is 6.16. The third kappa shape index (κ3) is 6.28. The van der Waals surface area contributed by atoms with Gasteiger partial charge in [0.2, 0.25) is 5.91 Å². The van der Waals surface area contributed by atoms with Crippen molar-refractivity contribution in [3.05, 3.63) is 71.2 Å². The predicted octanol–water partition coefficient (Wildman–Crippen LogP) is 4.34. The molecule has 1 aliphatic heterocycles. The summed E-state index contributed by atoms with van der Waals surface area (Å²) < 4.78 is 38.9. The van der Waals surface area contributed by atoms with Gasteiger partial charge < -0.3 is 21.3 Å². The largest absolute Gasteiger partial charge is 0.416 e. The van der Waals surface area contributed by atoms with E-state index in [9.17, 15) is 22.8 Å². The summed E-state index contributed by atoms with van der Waals surface area (Å²) in [4.78, 5) is 39.5. The number of benzene rings is 1. The van der Waals surface area contributed by atoms with Crippen LogP contribution in [0.5, 0.6) is 0 Å². The number of nitrogens with zero attached hydrogens (tertiary/aromatic N) is 4. The molecule has 5 rings (SSSR count). The van der Waals surface area contributed by atoms with Gasteiger partial charge in [-0.05, 0) is 49.9 Å². The molecule has 5 N–H and O–H groups in total. The van der Waals surface area contributed by atoms with Gasteiger partial charge in [-0.2, -0.15) is 13.2 Å². The van der Waals surface area contributed by atoms with Crippen LogP contribution in [0.1, 0.15) is 59.2 Å². The Hall–Kier alpha value is -4.55. The highest BCUT2D eigenvalue weighted by atomic mass is 19.4. The van der Waals surface area contributed by atoms with E-state index >= 15 is 0 Å². The number of likely N-dealkylation sites (tertiary alicyclic amines) is 1. The molecular weight excluding hydrogens is 537 g/mol. The number of hydrogen-bond donors (Lipinski definition) is 4. The molecule has 2 aromatic heterocycles. The molecule has 13 heteroatoms. The van der Waals surface area contributed by atoms with Gasteiger partial charge in [0, 0.05) is 42.4 Å². The van der Waals surface area contributed by atoms with Crippen molar-refractivity contribution in [3.8, 4) is 0 Å². The maximum Gasteiger partial charge on any atom is 0.416 e. The fourth-order valence-electron chi connectivity index (χ4n) is 4.95. The SMILES string of the molecule is N=C(c1ccc(C(=O)Nc2cc(C(F)(F)F)ccn2)cc1)c1c(N)ncnc1N[C@@H]1CCCN(C(=O)C2CCC2)C1. The van der Waals surface area contributed by atoms with Gasteiger partial charge in [0.1, 0.15) is 23.8 Å². The maximum atomic E-state index is 13.0. The normalized spacial score (nSPS) is 17.4. The van der Waals surface area contributed by atoms with Crippen LogP contribution in [-0.4, -0.2) is 56.5 Å². The molecule has 1 aromatic carbocycles. The van der Waals surface area contributed by atoms with Crippen molar-refractivity contribution < 1.29 is 22.8 Å². The van der Waals surface area contributed by atoms with E-state index < -0.39 is 17.6 Å². The quantitative estimate of drug-likeness (QED) is 0.311. The summed E-state index contributed by atoms with van der Waals surface area (Å²) in [6, 6.07) is 7.47. The average Bonchev–Trinajstić information content (AvgIpc) is 2.92. The molecule has 10 nitrogen and oxygen atoms in total. The van der Waals surface area contributed by atoms with Gasteiger partial charge in [0.25, 0.3) is 5.91 Å². The molecule has 1 saturated carbocycles. The Morgan fingerprint density at radius 2 is 1.73 bits per heavy atom. The molecule has 2 amide bonds. The van der Waals surface area contributed by atoms with Crippen molar-refractivity contribution in [1.82, 2.24) is 19.9 Å². The zero-order valence-corrected chi connectivity index (χ0v) is 22.0. The third-order valence-electron chi connectivity index (χ3n) is 7.42. The van der Waals surface area contributed by atoms with Crippen molar-refractivity contribution in [3.63, 3.8) is 0 Å². The van der Waals surface area contributed by atoms with Crippen LogP contribution in [0.3, 0.4) is 0 Å². The molecule has 1 atom stereocenters. The molecule has 0 radical (unpaired) electrons. The van der Waals surface area contributed by atoms with Crippen molar-refractivity contribution in [2.24, 2.45) is 5.92 Å². The number of rotatable bonds is 7. The zero-order valence-electron chi connectivity index (χ0n) is 22.0. The van der Waals surface area contributed by atoms with Crippen LogP contribution >= 0.6 is 0 Å². The van der Waals surface area contributed by atoms with Crippen molar-refractivity contribution in [2.75, 3.05) is 29.5 Å². The second-order valence-electron chi connectivity index (χ2n) is 10.2. The van der Waals surface area contributed by atoms with Crippen LogP contribution in [0, 0.1) is 11.3 Å². The summed E-state index contributed by atoms with van der Waals surface area (Å²) in [6.07, 6.45) is 2.38. The molecule has 3 heterocycles. The molecule has 2 aliphatic rings. The van der Waals surface area contributed by atoms with Gasteiger partial charge in [0.05, 0.1) is 16.8 Å². The minimum Gasteiger partial charge on any atom is -0.383 e. The van der Waals surface area contributed by atoms with E-state index in [0.717, 1.165) is 57.0 Å². The first-order valence-corrected chi connectivity index (χ1v) is 13.3. The number of hydrogen-bond acceptors (Lipinski definition) is 8. The Morgan fingerprint density at radius 1 is 1.00 bits per heavy atom. The van der Waals surface area contributed by atoms with Crippen molar-refractivity contribution in [1.29, 1.82) is 5.41 Å². The molecule has 0 unspecified atom stereocenters. The number of nitrogens with one attached hydrogen (secondary N) is 3. The fraction of sp³-hybridized carbons (Fsp3) is 0.357. The van der Waals surface area contributed by atoms with E-state index in [4.69, 9.17) is 11.1 Å². The number of anilines is 3. The Kier molecular flexibility index (Phi) is 7.86. The Labute approximate surface area is 234 Å². The lowest BCUT2D eigenvalue weighted by Gasteiger charge is -2.37. The van der Waals surface area contributed by atoms with Crippen LogP contribution in [0.4, 0.5) is 30.6 Å². The van der Waals surface area contributed by atoms with Gasteiger partial charge in [0.15, 0.2) is 0 Å². The van der Waals surface area contributed by atoms with Crippen LogP contribution in [0.2, 0.25) is 0 Å². The number of aromatic nitrogens is 3. The lowest BCUT2D eigenvalue weighted by molar-refractivity contribution is -0.139. The van der Waals surface area contributed by atoms with Gasteiger partial charge in [-0.15, -0.1) is 0 Å². The molecule has 1 aliphatic carbocycles. The van der Waals surface area contributed by atoms with E-state index in [2.05, 4.69) is 25.6 Å². The van der Waals surface area contributed by atoms with E-state index in [1.54, 1.807) is 0 Å². The smallest absolute Gasteiger partial charge is 0.383 e. The van der Waals surface area contributed by atoms with Crippen molar-refractivity contribution in [2.45, 2.75) is 44.3 Å². The minimum atomic E-state index is -4.56. The summed E-state index contributed by atoms with van der Waals surface area (Å²) in [5.74, 6) is -0.0872. The molecule has 41 heavy (non-hydrogen) atoms. The first-order valence-electron chi connectivity index (χ1n) is 13.3. The van der Waals surface area contributed by atoms with Crippen LogP contribution in [-0.2, 0) is 11.0 Å². The number of nitrogens with two attached hydrogens (primary N) is 1. The number of nitrogen functional groups attached to an aromatic ring is 1. The molecule has 214 valence electrons. The lowest BCUT2D eigenvalue weighted by atomic mass is 9.84. The van der Waals surface area contributed by atoms with Crippen LogP contribution < -0.4 is 16.4 Å². The molecule has 0 bridgehead atoms. The number of amides is 2. The maximum absolute atomic E-state index is 13.0. The van der Waals surface area contributed by atoms with E-state index in [1.807, 2.05) is 4.90 Å². The second-order valence-corrected chi connectivity index (χ2v) is 10.2. The third-order valence-corrected chi connectivity index (χ3v) is 7.42. The standard InChI is InChI=1S/C28H29F3N8O2/c29-28(30,31)19-10-11-34-21(13-19)38-26(40)17-8-6-16(7-9-17)23(32)22-24(33)35-15-36-25(22)37-20-5-2-12-39(14-20)27(41)18-3-1-4-18/h6-11,13,15,18,20,32H,1-5,12,14H2,(H,34,38,40)(H3,33,35,36,37)/t20-/m1/s1. The lowest BCUT2D eigenvalue weighted by Crippen LogP contribution is -2.48. The van der Waals surface area contributed by atoms with Gasteiger partial charge >= 0.3 is 6.18 Å². The van der Waals surface area contributed by atoms with E-state index in [0.29, 0.717) is 23.5 Å². The molecule has 0 spiro atoms. The Bertz CT molecular complexity index is 1460. The van der Waals surface area contributed by atoms with E-state index in [-0.39, 0.29) is 40.8 Å². The Morgan fingerprint density at radius 3 is 2.41 bits per heavy atom. The predicted molar refractivity (Wildman–Crippen MR) is 147 cm³/mol. The van der Waals surface area contributed by atoms with Crippen LogP contribution in [0.25, 0.3) is 0 Å². The number of piperidine rings is 1. The Balaban J connectivity index is 1.28. The average molecular weight is 567 g/mol. The number of halogens is 3. The topological polar surface area (TPSA) is 150 Å². The number of carbonyl (C=O) groups is 2. The summed E-state index contributed by atoms with van der Waals surface area (Å²) in [7, 11) is 0.